The van der Waals surface area contributed by atoms with Crippen molar-refractivity contribution in [3.63, 3.8) is 0 Å². The Labute approximate surface area is 172 Å². The van der Waals surface area contributed by atoms with Crippen molar-refractivity contribution in [2.45, 2.75) is 52.7 Å². The van der Waals surface area contributed by atoms with Crippen LogP contribution in [0.15, 0.2) is 42.5 Å². The van der Waals surface area contributed by atoms with E-state index in [-0.39, 0.29) is 18.8 Å². The second kappa shape index (κ2) is 11.7. The van der Waals surface area contributed by atoms with E-state index >= 15 is 0 Å². The van der Waals surface area contributed by atoms with Gasteiger partial charge in [0.2, 0.25) is 0 Å². The lowest BCUT2D eigenvalue weighted by atomic mass is 9.92. The van der Waals surface area contributed by atoms with Gasteiger partial charge in [-0.25, -0.2) is 9.59 Å². The van der Waals surface area contributed by atoms with E-state index in [1.807, 2.05) is 30.3 Å². The van der Waals surface area contributed by atoms with Gasteiger partial charge in [0, 0.05) is 24.0 Å². The SMILES string of the molecule is CCOC(=O)/C=C/[C@H](CC#Cc1ccccc1)[C@H](NC(=O)OC(C)(C)C)C(C)=O. The van der Waals surface area contributed by atoms with Crippen molar-refractivity contribution in [1.29, 1.82) is 0 Å². The van der Waals surface area contributed by atoms with Crippen LogP contribution in [0.4, 0.5) is 4.79 Å². The molecule has 29 heavy (non-hydrogen) atoms. The van der Waals surface area contributed by atoms with Gasteiger partial charge in [0.25, 0.3) is 0 Å². The van der Waals surface area contributed by atoms with E-state index in [9.17, 15) is 14.4 Å². The quantitative estimate of drug-likeness (QED) is 0.430. The Kier molecular flexibility index (Phi) is 9.67. The van der Waals surface area contributed by atoms with Crippen LogP contribution in [0.5, 0.6) is 0 Å². The molecule has 0 aromatic heterocycles. The number of nitrogens with one attached hydrogen (secondary N) is 1. The molecule has 0 spiro atoms. The smallest absolute Gasteiger partial charge is 0.408 e. The number of hydrogen-bond acceptors (Lipinski definition) is 5. The van der Waals surface area contributed by atoms with E-state index in [0.717, 1.165) is 5.56 Å². The Bertz CT molecular complexity index is 781. The van der Waals surface area contributed by atoms with Crippen molar-refractivity contribution >= 4 is 17.8 Å². The molecule has 0 aliphatic carbocycles. The lowest BCUT2D eigenvalue weighted by Gasteiger charge is -2.25. The second-order valence-electron chi connectivity index (χ2n) is 7.38. The van der Waals surface area contributed by atoms with Crippen LogP contribution in [0.1, 0.15) is 46.6 Å². The molecule has 0 heterocycles. The van der Waals surface area contributed by atoms with Crippen LogP contribution in [-0.4, -0.2) is 36.1 Å². The van der Waals surface area contributed by atoms with Crippen LogP contribution < -0.4 is 5.32 Å². The molecule has 0 unspecified atom stereocenters. The van der Waals surface area contributed by atoms with Crippen molar-refractivity contribution in [2.24, 2.45) is 5.92 Å². The molecule has 2 atom stereocenters. The Morgan fingerprint density at radius 1 is 1.17 bits per heavy atom. The minimum atomic E-state index is -0.888. The van der Waals surface area contributed by atoms with E-state index in [2.05, 4.69) is 17.2 Å². The predicted molar refractivity (Wildman–Crippen MR) is 111 cm³/mol. The number of Topliss-reactive ketones (excluding diaryl/α,β-unsaturated/α-hetero) is 1. The number of ketones is 1. The standard InChI is InChI=1S/C23H29NO5/c1-6-28-20(26)16-15-19(14-10-13-18-11-8-7-9-12-18)21(17(2)25)24-22(27)29-23(3,4)5/h7-9,11-12,15-16,19,21H,6,14H2,1-5H3,(H,24,27)/b16-15+/t19-,21+/m0/s1. The molecule has 1 rings (SSSR count). The summed E-state index contributed by atoms with van der Waals surface area (Å²) in [5.74, 6) is 4.72. The molecule has 1 aromatic rings. The lowest BCUT2D eigenvalue weighted by Crippen LogP contribution is -2.46. The van der Waals surface area contributed by atoms with Crippen LogP contribution in [-0.2, 0) is 19.1 Å². The molecule has 0 saturated heterocycles. The maximum Gasteiger partial charge on any atom is 0.408 e. The third kappa shape index (κ3) is 10.2. The first-order valence-corrected chi connectivity index (χ1v) is 9.51. The van der Waals surface area contributed by atoms with Crippen molar-refractivity contribution in [2.75, 3.05) is 6.61 Å². The fourth-order valence-corrected chi connectivity index (χ4v) is 2.43. The average Bonchev–Trinajstić information content (AvgIpc) is 2.62. The summed E-state index contributed by atoms with van der Waals surface area (Å²) < 4.78 is 10.1. The van der Waals surface area contributed by atoms with Gasteiger partial charge in [-0.05, 0) is 46.8 Å². The molecule has 1 amide bonds. The summed E-state index contributed by atoms with van der Waals surface area (Å²) in [6.07, 6.45) is 2.35. The topological polar surface area (TPSA) is 81.7 Å². The zero-order valence-corrected chi connectivity index (χ0v) is 17.7. The summed E-state index contributed by atoms with van der Waals surface area (Å²) >= 11 is 0. The first-order valence-electron chi connectivity index (χ1n) is 9.51. The molecule has 0 radical (unpaired) electrons. The highest BCUT2D eigenvalue weighted by molar-refractivity contribution is 5.87. The van der Waals surface area contributed by atoms with Gasteiger partial charge in [-0.1, -0.05) is 36.1 Å². The number of ether oxygens (including phenoxy) is 2. The van der Waals surface area contributed by atoms with E-state index < -0.39 is 29.6 Å². The predicted octanol–water partition coefficient (Wildman–Crippen LogP) is 3.65. The second-order valence-corrected chi connectivity index (χ2v) is 7.38. The molecule has 0 aliphatic rings. The highest BCUT2D eigenvalue weighted by Crippen LogP contribution is 2.15. The van der Waals surface area contributed by atoms with Crippen molar-refractivity contribution < 1.29 is 23.9 Å². The van der Waals surface area contributed by atoms with E-state index in [4.69, 9.17) is 9.47 Å². The molecule has 0 saturated carbocycles. The number of rotatable bonds is 7. The highest BCUT2D eigenvalue weighted by atomic mass is 16.6. The Morgan fingerprint density at radius 2 is 1.83 bits per heavy atom. The first kappa shape index (κ1) is 24.0. The van der Waals surface area contributed by atoms with Gasteiger partial charge < -0.3 is 14.8 Å². The molecular formula is C23H29NO5. The van der Waals surface area contributed by atoms with E-state index in [1.54, 1.807) is 33.8 Å². The maximum absolute atomic E-state index is 12.2. The van der Waals surface area contributed by atoms with Gasteiger partial charge in [0.15, 0.2) is 5.78 Å². The van der Waals surface area contributed by atoms with Gasteiger partial charge in [0.1, 0.15) is 5.60 Å². The number of carbonyl (C=O) groups excluding carboxylic acids is 3. The largest absolute Gasteiger partial charge is 0.463 e. The zero-order valence-electron chi connectivity index (χ0n) is 17.7. The van der Waals surface area contributed by atoms with E-state index in [1.165, 1.54) is 13.0 Å². The summed E-state index contributed by atoms with van der Waals surface area (Å²) in [6.45, 7) is 8.53. The van der Waals surface area contributed by atoms with Crippen molar-refractivity contribution in [3.8, 4) is 11.8 Å². The normalized spacial score (nSPS) is 13.0. The van der Waals surface area contributed by atoms with Crippen molar-refractivity contribution in [1.82, 2.24) is 5.32 Å². The van der Waals surface area contributed by atoms with E-state index in [0.29, 0.717) is 0 Å². The number of amides is 1. The van der Waals surface area contributed by atoms with Crippen LogP contribution in [0.2, 0.25) is 0 Å². The molecule has 0 fully saturated rings. The number of hydrogen-bond donors (Lipinski definition) is 1. The maximum atomic E-state index is 12.2. The third-order valence-electron chi connectivity index (χ3n) is 3.65. The van der Waals surface area contributed by atoms with Gasteiger partial charge in [-0.2, -0.15) is 0 Å². The number of alkyl carbamates (subject to hydrolysis) is 1. The minimum Gasteiger partial charge on any atom is -0.463 e. The number of esters is 1. The van der Waals surface area contributed by atoms with Crippen LogP contribution >= 0.6 is 0 Å². The summed E-state index contributed by atoms with van der Waals surface area (Å²) in [5.41, 5.74) is 0.134. The summed E-state index contributed by atoms with van der Waals surface area (Å²) in [5, 5.41) is 2.60. The Hall–Kier alpha value is -3.07. The zero-order chi connectivity index (χ0) is 21.9. The molecule has 6 nitrogen and oxygen atoms in total. The molecule has 156 valence electrons. The Balaban J connectivity index is 3.03. The number of carbonyl (C=O) groups is 3. The fraction of sp³-hybridized carbons (Fsp3) is 0.435. The monoisotopic (exact) mass is 399 g/mol. The van der Waals surface area contributed by atoms with Gasteiger partial charge in [0.05, 0.1) is 12.6 Å². The molecule has 0 aliphatic heterocycles. The summed E-state index contributed by atoms with van der Waals surface area (Å²) in [6, 6.07) is 8.51. The lowest BCUT2D eigenvalue weighted by molar-refractivity contribution is -0.137. The van der Waals surface area contributed by atoms with Crippen LogP contribution in [0, 0.1) is 17.8 Å². The van der Waals surface area contributed by atoms with Crippen LogP contribution in [0.3, 0.4) is 0 Å². The molecule has 1 N–H and O–H groups in total. The van der Waals surface area contributed by atoms with Crippen LogP contribution in [0.25, 0.3) is 0 Å². The Morgan fingerprint density at radius 3 is 2.38 bits per heavy atom. The molecule has 6 heteroatoms. The first-order chi connectivity index (χ1) is 13.6. The summed E-state index contributed by atoms with van der Waals surface area (Å²) in [7, 11) is 0. The van der Waals surface area contributed by atoms with Gasteiger partial charge >= 0.3 is 12.1 Å². The van der Waals surface area contributed by atoms with Gasteiger partial charge in [-0.15, -0.1) is 0 Å². The fourth-order valence-electron chi connectivity index (χ4n) is 2.43. The van der Waals surface area contributed by atoms with Gasteiger partial charge in [-0.3, -0.25) is 4.79 Å². The van der Waals surface area contributed by atoms with Crippen molar-refractivity contribution in [3.05, 3.63) is 48.0 Å². The highest BCUT2D eigenvalue weighted by Gasteiger charge is 2.27. The third-order valence-corrected chi connectivity index (χ3v) is 3.65. The molecule has 1 aromatic carbocycles. The molecular weight excluding hydrogens is 370 g/mol. The minimum absolute atomic E-state index is 0.244. The molecule has 0 bridgehead atoms. The number of benzene rings is 1. The average molecular weight is 399 g/mol. The summed E-state index contributed by atoms with van der Waals surface area (Å²) in [4.78, 5) is 36.1.